The van der Waals surface area contributed by atoms with Crippen LogP contribution in [0.1, 0.15) is 27.4 Å². The van der Waals surface area contributed by atoms with E-state index in [4.69, 9.17) is 15.4 Å². The van der Waals surface area contributed by atoms with Gasteiger partial charge >= 0.3 is 5.97 Å². The zero-order chi connectivity index (χ0) is 12.6. The second-order valence-electron chi connectivity index (χ2n) is 4.01. The first-order valence-corrected chi connectivity index (χ1v) is 8.22. The molecule has 1 aromatic rings. The van der Waals surface area contributed by atoms with Gasteiger partial charge in [-0.3, -0.25) is 0 Å². The van der Waals surface area contributed by atoms with E-state index in [2.05, 4.69) is 0 Å². The van der Waals surface area contributed by atoms with Gasteiger partial charge in [0.15, 0.2) is 0 Å². The number of hydrogen-bond acceptors (Lipinski definition) is 5. The van der Waals surface area contributed by atoms with Gasteiger partial charge in [-0.2, -0.15) is 0 Å². The minimum atomic E-state index is -3.79. The molecule has 0 atom stereocenters. The number of ether oxygens (including phenoxy) is 1. The van der Waals surface area contributed by atoms with Crippen LogP contribution in [0.5, 0.6) is 0 Å². The molecule has 0 bridgehead atoms. The van der Waals surface area contributed by atoms with E-state index in [0.29, 0.717) is 17.4 Å². The molecule has 94 valence electrons. The predicted molar refractivity (Wildman–Crippen MR) is 65.1 cm³/mol. The summed E-state index contributed by atoms with van der Waals surface area (Å²) in [5, 5.41) is 0. The SMILES string of the molecule is Cc1sc(C(=O)OCC2CC2)cc1S(=O)(=O)Cl. The smallest absolute Gasteiger partial charge is 0.348 e. The Kier molecular flexibility index (Phi) is 3.47. The fraction of sp³-hybridized carbons (Fsp3) is 0.500. The van der Waals surface area contributed by atoms with Crippen molar-refractivity contribution in [3.05, 3.63) is 15.8 Å². The van der Waals surface area contributed by atoms with E-state index in [-0.39, 0.29) is 9.77 Å². The van der Waals surface area contributed by atoms with Crippen molar-refractivity contribution in [2.75, 3.05) is 6.61 Å². The van der Waals surface area contributed by atoms with E-state index in [0.717, 1.165) is 24.2 Å². The lowest BCUT2D eigenvalue weighted by Crippen LogP contribution is -2.05. The third-order valence-corrected chi connectivity index (χ3v) is 5.09. The first-order chi connectivity index (χ1) is 7.88. The average molecular weight is 295 g/mol. The molecular formula is C10H11ClO4S2. The summed E-state index contributed by atoms with van der Waals surface area (Å²) in [6.07, 6.45) is 2.19. The molecule has 1 saturated carbocycles. The van der Waals surface area contributed by atoms with Crippen molar-refractivity contribution in [1.29, 1.82) is 0 Å². The highest BCUT2D eigenvalue weighted by molar-refractivity contribution is 8.13. The van der Waals surface area contributed by atoms with E-state index in [9.17, 15) is 13.2 Å². The molecule has 0 unspecified atom stereocenters. The molecule has 0 aromatic carbocycles. The van der Waals surface area contributed by atoms with Crippen molar-refractivity contribution in [2.45, 2.75) is 24.7 Å². The van der Waals surface area contributed by atoms with Gasteiger partial charge in [0.1, 0.15) is 4.88 Å². The van der Waals surface area contributed by atoms with E-state index >= 15 is 0 Å². The lowest BCUT2D eigenvalue weighted by Gasteiger charge is -1.99. The van der Waals surface area contributed by atoms with Gasteiger partial charge in [-0.15, -0.1) is 11.3 Å². The molecule has 7 heteroatoms. The van der Waals surface area contributed by atoms with E-state index < -0.39 is 15.0 Å². The number of rotatable bonds is 4. The molecular weight excluding hydrogens is 284 g/mol. The quantitative estimate of drug-likeness (QED) is 0.632. The summed E-state index contributed by atoms with van der Waals surface area (Å²) in [5.74, 6) is 0.00723. The standard InChI is InChI=1S/C10H11ClO4S2/c1-6-9(17(11,13)14)4-8(16-6)10(12)15-5-7-2-3-7/h4,7H,2-3,5H2,1H3. The minimum Gasteiger partial charge on any atom is -0.461 e. The Morgan fingerprint density at radius 3 is 2.71 bits per heavy atom. The molecule has 1 aromatic heterocycles. The summed E-state index contributed by atoms with van der Waals surface area (Å²) < 4.78 is 27.4. The molecule has 4 nitrogen and oxygen atoms in total. The van der Waals surface area contributed by atoms with Crippen molar-refractivity contribution in [3.63, 3.8) is 0 Å². The molecule has 0 N–H and O–H groups in total. The van der Waals surface area contributed by atoms with Gasteiger partial charge in [-0.1, -0.05) is 0 Å². The Hall–Kier alpha value is -0.590. The fourth-order valence-corrected chi connectivity index (χ4v) is 3.91. The van der Waals surface area contributed by atoms with E-state index in [1.54, 1.807) is 6.92 Å². The van der Waals surface area contributed by atoms with Crippen molar-refractivity contribution in [1.82, 2.24) is 0 Å². The lowest BCUT2D eigenvalue weighted by molar-refractivity contribution is 0.0491. The van der Waals surface area contributed by atoms with Crippen molar-refractivity contribution in [2.24, 2.45) is 5.92 Å². The van der Waals surface area contributed by atoms with Crippen LogP contribution in [0, 0.1) is 12.8 Å². The van der Waals surface area contributed by atoms with Crippen LogP contribution in [0.4, 0.5) is 0 Å². The zero-order valence-electron chi connectivity index (χ0n) is 9.10. The highest BCUT2D eigenvalue weighted by Crippen LogP contribution is 2.31. The largest absolute Gasteiger partial charge is 0.461 e. The normalized spacial score (nSPS) is 15.9. The minimum absolute atomic E-state index is 0.0115. The molecule has 1 heterocycles. The first-order valence-electron chi connectivity index (χ1n) is 5.10. The van der Waals surface area contributed by atoms with Crippen LogP contribution in [0.25, 0.3) is 0 Å². The number of carbonyl (C=O) groups excluding carboxylic acids is 1. The maximum absolute atomic E-state index is 11.6. The van der Waals surface area contributed by atoms with Crippen LogP contribution in [0.3, 0.4) is 0 Å². The van der Waals surface area contributed by atoms with Gasteiger partial charge in [-0.25, -0.2) is 13.2 Å². The van der Waals surface area contributed by atoms with Gasteiger partial charge in [0, 0.05) is 15.6 Å². The number of esters is 1. The monoisotopic (exact) mass is 294 g/mol. The average Bonchev–Trinajstić information content (AvgIpc) is 2.95. The van der Waals surface area contributed by atoms with Gasteiger partial charge in [0.05, 0.1) is 11.5 Å². The molecule has 1 aliphatic rings. The summed E-state index contributed by atoms with van der Waals surface area (Å²) in [6, 6.07) is 1.28. The third-order valence-electron chi connectivity index (χ3n) is 2.48. The van der Waals surface area contributed by atoms with E-state index in [1.165, 1.54) is 6.07 Å². The van der Waals surface area contributed by atoms with Gasteiger partial charge in [0.25, 0.3) is 9.05 Å². The van der Waals surface area contributed by atoms with Crippen LogP contribution >= 0.6 is 22.0 Å². The van der Waals surface area contributed by atoms with Crippen LogP contribution in [0.2, 0.25) is 0 Å². The number of thiophene rings is 1. The van der Waals surface area contributed by atoms with Crippen molar-refractivity contribution in [3.8, 4) is 0 Å². The Balaban J connectivity index is 2.13. The fourth-order valence-electron chi connectivity index (χ4n) is 1.36. The summed E-state index contributed by atoms with van der Waals surface area (Å²) in [4.78, 5) is 12.4. The molecule has 1 fully saturated rings. The zero-order valence-corrected chi connectivity index (χ0v) is 11.5. The van der Waals surface area contributed by atoms with E-state index in [1.807, 2.05) is 0 Å². The number of hydrogen-bond donors (Lipinski definition) is 0. The topological polar surface area (TPSA) is 60.4 Å². The molecule has 1 aliphatic carbocycles. The van der Waals surface area contributed by atoms with Gasteiger partial charge in [-0.05, 0) is 31.7 Å². The number of halogens is 1. The second kappa shape index (κ2) is 4.59. The summed E-state index contributed by atoms with van der Waals surface area (Å²) in [6.45, 7) is 2.02. The third kappa shape index (κ3) is 3.20. The second-order valence-corrected chi connectivity index (χ2v) is 7.80. The first kappa shape index (κ1) is 12.9. The Labute approximate surface area is 108 Å². The molecule has 2 rings (SSSR count). The Bertz CT molecular complexity index is 543. The van der Waals surface area contributed by atoms with Crippen molar-refractivity contribution >= 4 is 37.0 Å². The molecule has 0 radical (unpaired) electrons. The molecule has 0 spiro atoms. The van der Waals surface area contributed by atoms with Crippen LogP contribution in [-0.4, -0.2) is 21.0 Å². The summed E-state index contributed by atoms with van der Waals surface area (Å²) in [5.41, 5.74) is 0. The maximum atomic E-state index is 11.6. The molecule has 17 heavy (non-hydrogen) atoms. The number of aryl methyl sites for hydroxylation is 1. The molecule has 0 aliphatic heterocycles. The van der Waals surface area contributed by atoms with Crippen molar-refractivity contribution < 1.29 is 17.9 Å². The summed E-state index contributed by atoms with van der Waals surface area (Å²) in [7, 11) is 1.46. The molecule has 0 amide bonds. The summed E-state index contributed by atoms with van der Waals surface area (Å²) >= 11 is 1.08. The Morgan fingerprint density at radius 2 is 2.24 bits per heavy atom. The van der Waals surface area contributed by atoms with Gasteiger partial charge < -0.3 is 4.74 Å². The van der Waals surface area contributed by atoms with Crippen LogP contribution in [0.15, 0.2) is 11.0 Å². The molecule has 0 saturated heterocycles. The predicted octanol–water partition coefficient (Wildman–Crippen LogP) is 2.55. The Morgan fingerprint density at radius 1 is 1.59 bits per heavy atom. The van der Waals surface area contributed by atoms with Crippen LogP contribution < -0.4 is 0 Å². The van der Waals surface area contributed by atoms with Crippen LogP contribution in [-0.2, 0) is 13.8 Å². The highest BCUT2D eigenvalue weighted by atomic mass is 35.7. The number of carbonyl (C=O) groups is 1. The lowest BCUT2D eigenvalue weighted by atomic mass is 10.4. The highest BCUT2D eigenvalue weighted by Gasteiger charge is 2.25. The van der Waals surface area contributed by atoms with Gasteiger partial charge in [0.2, 0.25) is 0 Å². The maximum Gasteiger partial charge on any atom is 0.348 e.